The summed E-state index contributed by atoms with van der Waals surface area (Å²) in [4.78, 5) is 10.5. The Hall–Kier alpha value is -1.05. The van der Waals surface area contributed by atoms with E-state index in [0.29, 0.717) is 6.61 Å². The van der Waals surface area contributed by atoms with Gasteiger partial charge in [0.1, 0.15) is 0 Å². The second-order valence-electron chi connectivity index (χ2n) is 4.27. The maximum Gasteiger partial charge on any atom is 0.302 e. The minimum Gasteiger partial charge on any atom is -0.466 e. The minimum atomic E-state index is -0.169. The van der Waals surface area contributed by atoms with Crippen molar-refractivity contribution < 1.29 is 9.53 Å². The molecule has 0 aromatic heterocycles. The van der Waals surface area contributed by atoms with Gasteiger partial charge in [-0.2, -0.15) is 0 Å². The molecule has 17 heavy (non-hydrogen) atoms. The van der Waals surface area contributed by atoms with Crippen molar-refractivity contribution in [2.45, 2.75) is 58.3 Å². The second kappa shape index (κ2) is 13.0. The standard InChI is InChI=1S/C15H26O2/c1-3-4-5-6-7-8-9-10-11-12-13-14-17-15(2)16/h3-5H,1,6-14H2,2H3/b5-4-. The van der Waals surface area contributed by atoms with Gasteiger partial charge in [-0.3, -0.25) is 4.79 Å². The average Bonchev–Trinajstić information content (AvgIpc) is 2.30. The molecule has 0 amide bonds. The lowest BCUT2D eigenvalue weighted by Crippen LogP contribution is -1.99. The Balaban J connectivity index is 3.01. The Morgan fingerprint density at radius 1 is 1.06 bits per heavy atom. The molecule has 2 nitrogen and oxygen atoms in total. The normalized spacial score (nSPS) is 10.6. The zero-order chi connectivity index (χ0) is 12.8. The summed E-state index contributed by atoms with van der Waals surface area (Å²) in [6, 6.07) is 0. The van der Waals surface area contributed by atoms with Crippen LogP contribution in [0.2, 0.25) is 0 Å². The van der Waals surface area contributed by atoms with Crippen LogP contribution in [0.3, 0.4) is 0 Å². The monoisotopic (exact) mass is 238 g/mol. The molecule has 0 aliphatic carbocycles. The van der Waals surface area contributed by atoms with Gasteiger partial charge < -0.3 is 4.74 Å². The maximum atomic E-state index is 10.5. The number of unbranched alkanes of at least 4 members (excludes halogenated alkanes) is 7. The zero-order valence-corrected chi connectivity index (χ0v) is 11.1. The van der Waals surface area contributed by atoms with Crippen LogP contribution in [0, 0.1) is 0 Å². The fourth-order valence-corrected chi connectivity index (χ4v) is 1.66. The van der Waals surface area contributed by atoms with Crippen molar-refractivity contribution in [1.82, 2.24) is 0 Å². The quantitative estimate of drug-likeness (QED) is 0.303. The summed E-state index contributed by atoms with van der Waals surface area (Å²) in [5.41, 5.74) is 0. The topological polar surface area (TPSA) is 26.3 Å². The van der Waals surface area contributed by atoms with Gasteiger partial charge in [-0.25, -0.2) is 0 Å². The van der Waals surface area contributed by atoms with Gasteiger partial charge in [-0.05, 0) is 19.3 Å². The summed E-state index contributed by atoms with van der Waals surface area (Å²) >= 11 is 0. The molecule has 0 aliphatic heterocycles. The first-order chi connectivity index (χ1) is 8.27. The largest absolute Gasteiger partial charge is 0.466 e. The van der Waals surface area contributed by atoms with Gasteiger partial charge in [0.25, 0.3) is 0 Å². The number of carbonyl (C=O) groups excluding carboxylic acids is 1. The molecule has 0 saturated heterocycles. The van der Waals surface area contributed by atoms with E-state index in [1.807, 2.05) is 12.2 Å². The van der Waals surface area contributed by atoms with Gasteiger partial charge in [0.2, 0.25) is 0 Å². The van der Waals surface area contributed by atoms with E-state index in [0.717, 1.165) is 6.42 Å². The first kappa shape index (κ1) is 16.0. The Morgan fingerprint density at radius 2 is 1.65 bits per heavy atom. The van der Waals surface area contributed by atoms with E-state index in [1.165, 1.54) is 51.9 Å². The van der Waals surface area contributed by atoms with E-state index >= 15 is 0 Å². The predicted molar refractivity (Wildman–Crippen MR) is 72.9 cm³/mol. The third kappa shape index (κ3) is 14.9. The summed E-state index contributed by atoms with van der Waals surface area (Å²) in [7, 11) is 0. The molecule has 0 unspecified atom stereocenters. The average molecular weight is 238 g/mol. The summed E-state index contributed by atoms with van der Waals surface area (Å²) in [5, 5.41) is 0. The number of carbonyl (C=O) groups is 1. The molecule has 0 heterocycles. The molecule has 0 bridgehead atoms. The highest BCUT2D eigenvalue weighted by molar-refractivity contribution is 5.65. The highest BCUT2D eigenvalue weighted by Gasteiger charge is 1.94. The van der Waals surface area contributed by atoms with Crippen LogP contribution in [0.15, 0.2) is 24.8 Å². The predicted octanol–water partition coefficient (Wildman–Crippen LogP) is 4.41. The van der Waals surface area contributed by atoms with Crippen molar-refractivity contribution in [3.63, 3.8) is 0 Å². The van der Waals surface area contributed by atoms with Crippen molar-refractivity contribution in [3.05, 3.63) is 24.8 Å². The van der Waals surface area contributed by atoms with Crippen molar-refractivity contribution in [2.24, 2.45) is 0 Å². The van der Waals surface area contributed by atoms with Crippen molar-refractivity contribution in [1.29, 1.82) is 0 Å². The summed E-state index contributed by atoms with van der Waals surface area (Å²) in [6.45, 7) is 5.68. The lowest BCUT2D eigenvalue weighted by molar-refractivity contribution is -0.141. The Bertz CT molecular complexity index is 219. The van der Waals surface area contributed by atoms with E-state index in [4.69, 9.17) is 4.74 Å². The van der Waals surface area contributed by atoms with Crippen LogP contribution in [0.25, 0.3) is 0 Å². The second-order valence-corrected chi connectivity index (χ2v) is 4.27. The van der Waals surface area contributed by atoms with Crippen molar-refractivity contribution in [2.75, 3.05) is 6.61 Å². The lowest BCUT2D eigenvalue weighted by Gasteiger charge is -2.02. The van der Waals surface area contributed by atoms with Crippen molar-refractivity contribution in [3.8, 4) is 0 Å². The van der Waals surface area contributed by atoms with E-state index in [-0.39, 0.29) is 5.97 Å². The third-order valence-corrected chi connectivity index (χ3v) is 2.59. The summed E-state index contributed by atoms with van der Waals surface area (Å²) in [5.74, 6) is -0.169. The molecular formula is C15H26O2. The maximum absolute atomic E-state index is 10.5. The summed E-state index contributed by atoms with van der Waals surface area (Å²) in [6.07, 6.45) is 15.8. The van der Waals surface area contributed by atoms with Crippen molar-refractivity contribution >= 4 is 5.97 Å². The highest BCUT2D eigenvalue weighted by atomic mass is 16.5. The van der Waals surface area contributed by atoms with Crippen LogP contribution in [-0.4, -0.2) is 12.6 Å². The molecule has 0 N–H and O–H groups in total. The van der Waals surface area contributed by atoms with E-state index in [9.17, 15) is 4.79 Å². The molecule has 98 valence electrons. The van der Waals surface area contributed by atoms with E-state index in [2.05, 4.69) is 12.7 Å². The number of hydrogen-bond donors (Lipinski definition) is 0. The number of rotatable bonds is 11. The molecule has 0 rings (SSSR count). The zero-order valence-electron chi connectivity index (χ0n) is 11.1. The van der Waals surface area contributed by atoms with Crippen LogP contribution in [0.5, 0.6) is 0 Å². The minimum absolute atomic E-state index is 0.169. The molecule has 0 fully saturated rings. The third-order valence-electron chi connectivity index (χ3n) is 2.59. The highest BCUT2D eigenvalue weighted by Crippen LogP contribution is 2.08. The smallest absolute Gasteiger partial charge is 0.302 e. The van der Waals surface area contributed by atoms with E-state index in [1.54, 1.807) is 0 Å². The van der Waals surface area contributed by atoms with E-state index < -0.39 is 0 Å². The van der Waals surface area contributed by atoms with Crippen LogP contribution < -0.4 is 0 Å². The van der Waals surface area contributed by atoms with Gasteiger partial charge >= 0.3 is 5.97 Å². The molecule has 0 saturated carbocycles. The lowest BCUT2D eigenvalue weighted by atomic mass is 10.1. The summed E-state index contributed by atoms with van der Waals surface area (Å²) < 4.78 is 4.87. The Labute approximate surface area is 106 Å². The molecule has 0 aromatic carbocycles. The SMILES string of the molecule is C=C/C=C\CCCCCCCCCOC(C)=O. The van der Waals surface area contributed by atoms with Crippen LogP contribution in [0.4, 0.5) is 0 Å². The molecule has 2 heteroatoms. The van der Waals surface area contributed by atoms with Crippen LogP contribution >= 0.6 is 0 Å². The number of ether oxygens (including phenoxy) is 1. The molecule has 0 spiro atoms. The fourth-order valence-electron chi connectivity index (χ4n) is 1.66. The van der Waals surface area contributed by atoms with Crippen LogP contribution in [-0.2, 0) is 9.53 Å². The molecule has 0 radical (unpaired) electrons. The first-order valence-corrected chi connectivity index (χ1v) is 6.68. The number of hydrogen-bond acceptors (Lipinski definition) is 2. The van der Waals surface area contributed by atoms with Crippen LogP contribution in [0.1, 0.15) is 58.3 Å². The number of allylic oxidation sites excluding steroid dienone is 3. The molecule has 0 aliphatic rings. The van der Waals surface area contributed by atoms with Gasteiger partial charge in [-0.1, -0.05) is 56.9 Å². The fraction of sp³-hybridized carbons (Fsp3) is 0.667. The first-order valence-electron chi connectivity index (χ1n) is 6.68. The number of esters is 1. The molecular weight excluding hydrogens is 212 g/mol. The molecule has 0 aromatic rings. The van der Waals surface area contributed by atoms with Gasteiger partial charge in [-0.15, -0.1) is 0 Å². The molecule has 0 atom stereocenters. The Morgan fingerprint density at radius 3 is 2.24 bits per heavy atom. The van der Waals surface area contributed by atoms with Gasteiger partial charge in [0.05, 0.1) is 6.61 Å². The Kier molecular flexibility index (Phi) is 12.2. The van der Waals surface area contributed by atoms with Gasteiger partial charge in [0.15, 0.2) is 0 Å². The van der Waals surface area contributed by atoms with Gasteiger partial charge in [0, 0.05) is 6.92 Å².